The van der Waals surface area contributed by atoms with E-state index in [1.807, 2.05) is 36.9 Å². The average molecular weight is 276 g/mol. The van der Waals surface area contributed by atoms with Crippen molar-refractivity contribution in [2.75, 3.05) is 25.6 Å². The number of likely N-dealkylation sites (N-methyl/N-ethyl adjacent to an activating group) is 1. The molecule has 1 aromatic rings. The van der Waals surface area contributed by atoms with Gasteiger partial charge in [-0.2, -0.15) is 0 Å². The molecule has 4 nitrogen and oxygen atoms in total. The molecule has 0 radical (unpaired) electrons. The average Bonchev–Trinajstić information content (AvgIpc) is 2.47. The Hall–Kier alpha value is -1.55. The first-order valence-corrected chi connectivity index (χ1v) is 7.31. The zero-order chi connectivity index (χ0) is 14.5. The molecule has 2 unspecified atom stereocenters. The number of hydrogen-bond donors (Lipinski definition) is 1. The Morgan fingerprint density at radius 3 is 2.95 bits per heavy atom. The predicted molar refractivity (Wildman–Crippen MR) is 80.9 cm³/mol. The van der Waals surface area contributed by atoms with Crippen LogP contribution in [0.5, 0.6) is 0 Å². The molecule has 0 aromatic heterocycles. The number of para-hydroxylation sites is 1. The minimum absolute atomic E-state index is 0.108. The highest BCUT2D eigenvalue weighted by Gasteiger charge is 2.29. The molecule has 110 valence electrons. The van der Waals surface area contributed by atoms with E-state index in [1.165, 1.54) is 5.56 Å². The Morgan fingerprint density at radius 1 is 1.50 bits per heavy atom. The molecule has 2 atom stereocenters. The summed E-state index contributed by atoms with van der Waals surface area (Å²) in [6.07, 6.45) is 1.81. The number of anilines is 1. The highest BCUT2D eigenvalue weighted by Crippen LogP contribution is 2.25. The molecule has 0 spiro atoms. The molecule has 1 aliphatic heterocycles. The normalized spacial score (nSPS) is 18.9. The van der Waals surface area contributed by atoms with E-state index in [9.17, 15) is 4.79 Å². The van der Waals surface area contributed by atoms with Crippen molar-refractivity contribution in [3.05, 3.63) is 29.8 Å². The number of hydrogen-bond acceptors (Lipinski definition) is 3. The van der Waals surface area contributed by atoms with Crippen LogP contribution in [0.25, 0.3) is 0 Å². The summed E-state index contributed by atoms with van der Waals surface area (Å²) in [4.78, 5) is 14.6. The minimum atomic E-state index is -0.121. The van der Waals surface area contributed by atoms with E-state index in [0.29, 0.717) is 13.2 Å². The van der Waals surface area contributed by atoms with Gasteiger partial charge in [-0.25, -0.2) is 0 Å². The number of rotatable bonds is 5. The standard InChI is InChI=1S/C16H24N2O2/c1-4-18(12(2)11-20-3)16(19)15-10-9-13-7-5-6-8-14(13)17-15/h5-8,12,15,17H,4,9-11H2,1-3H3. The largest absolute Gasteiger partial charge is 0.383 e. The molecule has 0 aliphatic carbocycles. The molecule has 0 fully saturated rings. The molecule has 1 amide bonds. The maximum atomic E-state index is 12.7. The van der Waals surface area contributed by atoms with Crippen LogP contribution in [0, 0.1) is 0 Å². The number of methoxy groups -OCH3 is 1. The van der Waals surface area contributed by atoms with Crippen LogP contribution in [0.1, 0.15) is 25.8 Å². The van der Waals surface area contributed by atoms with Gasteiger partial charge in [0, 0.05) is 19.3 Å². The van der Waals surface area contributed by atoms with E-state index >= 15 is 0 Å². The fourth-order valence-electron chi connectivity index (χ4n) is 2.84. The van der Waals surface area contributed by atoms with Gasteiger partial charge in [0.05, 0.1) is 12.6 Å². The lowest BCUT2D eigenvalue weighted by Gasteiger charge is -2.34. The van der Waals surface area contributed by atoms with Crippen LogP contribution in [0.15, 0.2) is 24.3 Å². The van der Waals surface area contributed by atoms with Gasteiger partial charge in [0.25, 0.3) is 0 Å². The lowest BCUT2D eigenvalue weighted by molar-refractivity contribution is -0.135. The second kappa shape index (κ2) is 6.75. The predicted octanol–water partition coefficient (Wildman–Crippen LogP) is 2.30. The zero-order valence-corrected chi connectivity index (χ0v) is 12.6. The molecule has 1 aliphatic rings. The van der Waals surface area contributed by atoms with Gasteiger partial charge >= 0.3 is 0 Å². The third kappa shape index (κ3) is 3.12. The second-order valence-electron chi connectivity index (χ2n) is 5.32. The molecular weight excluding hydrogens is 252 g/mol. The first-order valence-electron chi connectivity index (χ1n) is 7.31. The van der Waals surface area contributed by atoms with Crippen molar-refractivity contribution in [3.8, 4) is 0 Å². The molecule has 0 saturated carbocycles. The molecule has 2 rings (SSSR count). The van der Waals surface area contributed by atoms with Crippen molar-refractivity contribution >= 4 is 11.6 Å². The summed E-state index contributed by atoms with van der Waals surface area (Å²) < 4.78 is 5.17. The summed E-state index contributed by atoms with van der Waals surface area (Å²) in [6, 6.07) is 8.20. The topological polar surface area (TPSA) is 41.6 Å². The number of carbonyl (C=O) groups excluding carboxylic acids is 1. The third-order valence-electron chi connectivity index (χ3n) is 3.91. The molecular formula is C16H24N2O2. The number of nitrogens with one attached hydrogen (secondary N) is 1. The number of amides is 1. The lowest BCUT2D eigenvalue weighted by Crippen LogP contribution is -2.49. The van der Waals surface area contributed by atoms with Crippen molar-refractivity contribution in [1.29, 1.82) is 0 Å². The Labute approximate surface area is 121 Å². The van der Waals surface area contributed by atoms with Crippen LogP contribution >= 0.6 is 0 Å². The smallest absolute Gasteiger partial charge is 0.245 e. The SMILES string of the molecule is CCN(C(=O)C1CCc2ccccc2N1)C(C)COC. The van der Waals surface area contributed by atoms with Crippen molar-refractivity contribution < 1.29 is 9.53 Å². The summed E-state index contributed by atoms with van der Waals surface area (Å²) in [6.45, 7) is 5.33. The third-order valence-corrected chi connectivity index (χ3v) is 3.91. The molecule has 20 heavy (non-hydrogen) atoms. The fraction of sp³-hybridized carbons (Fsp3) is 0.562. The van der Waals surface area contributed by atoms with Gasteiger partial charge in [0.1, 0.15) is 6.04 Å². The van der Waals surface area contributed by atoms with Gasteiger partial charge in [-0.3, -0.25) is 4.79 Å². The first-order chi connectivity index (χ1) is 9.67. The second-order valence-corrected chi connectivity index (χ2v) is 5.32. The summed E-state index contributed by atoms with van der Waals surface area (Å²) >= 11 is 0. The molecule has 1 heterocycles. The molecule has 1 aromatic carbocycles. The van der Waals surface area contributed by atoms with Crippen LogP contribution in [-0.2, 0) is 16.0 Å². The van der Waals surface area contributed by atoms with Gasteiger partial charge < -0.3 is 15.0 Å². The molecule has 4 heteroatoms. The van der Waals surface area contributed by atoms with Crippen molar-refractivity contribution in [1.82, 2.24) is 4.90 Å². The Balaban J connectivity index is 2.06. The summed E-state index contributed by atoms with van der Waals surface area (Å²) in [7, 11) is 1.67. The maximum Gasteiger partial charge on any atom is 0.245 e. The molecule has 0 bridgehead atoms. The van der Waals surface area contributed by atoms with Crippen LogP contribution < -0.4 is 5.32 Å². The van der Waals surface area contributed by atoms with Crippen molar-refractivity contribution in [2.24, 2.45) is 0 Å². The van der Waals surface area contributed by atoms with Crippen molar-refractivity contribution in [2.45, 2.75) is 38.8 Å². The highest BCUT2D eigenvalue weighted by atomic mass is 16.5. The molecule has 0 saturated heterocycles. The number of ether oxygens (including phenoxy) is 1. The van der Waals surface area contributed by atoms with Gasteiger partial charge in [0.2, 0.25) is 5.91 Å². The van der Waals surface area contributed by atoms with E-state index in [-0.39, 0.29) is 18.0 Å². The number of carbonyl (C=O) groups is 1. The monoisotopic (exact) mass is 276 g/mol. The number of fused-ring (bicyclic) bond motifs is 1. The fourth-order valence-corrected chi connectivity index (χ4v) is 2.84. The first kappa shape index (κ1) is 14.9. The summed E-state index contributed by atoms with van der Waals surface area (Å²) in [5, 5.41) is 3.38. The van der Waals surface area contributed by atoms with E-state index in [4.69, 9.17) is 4.74 Å². The molecule has 1 N–H and O–H groups in total. The van der Waals surface area contributed by atoms with Crippen LogP contribution in [0.2, 0.25) is 0 Å². The Kier molecular flexibility index (Phi) is 5.01. The van der Waals surface area contributed by atoms with Gasteiger partial charge in [-0.15, -0.1) is 0 Å². The summed E-state index contributed by atoms with van der Waals surface area (Å²) in [5.74, 6) is 0.173. The Bertz CT molecular complexity index is 462. The van der Waals surface area contributed by atoms with Crippen molar-refractivity contribution in [3.63, 3.8) is 0 Å². The highest BCUT2D eigenvalue weighted by molar-refractivity contribution is 5.86. The van der Waals surface area contributed by atoms with Gasteiger partial charge in [0.15, 0.2) is 0 Å². The quantitative estimate of drug-likeness (QED) is 0.897. The van der Waals surface area contributed by atoms with Crippen LogP contribution in [0.3, 0.4) is 0 Å². The Morgan fingerprint density at radius 2 is 2.25 bits per heavy atom. The van der Waals surface area contributed by atoms with E-state index in [1.54, 1.807) is 7.11 Å². The van der Waals surface area contributed by atoms with Crippen LogP contribution in [0.4, 0.5) is 5.69 Å². The van der Waals surface area contributed by atoms with Gasteiger partial charge in [-0.1, -0.05) is 18.2 Å². The van der Waals surface area contributed by atoms with E-state index in [2.05, 4.69) is 11.4 Å². The summed E-state index contributed by atoms with van der Waals surface area (Å²) in [5.41, 5.74) is 2.39. The minimum Gasteiger partial charge on any atom is -0.383 e. The van der Waals surface area contributed by atoms with Crippen LogP contribution in [-0.4, -0.2) is 43.2 Å². The van der Waals surface area contributed by atoms with E-state index < -0.39 is 0 Å². The lowest BCUT2D eigenvalue weighted by atomic mass is 9.97. The number of nitrogens with zero attached hydrogens (tertiary/aromatic N) is 1. The number of aryl methyl sites for hydroxylation is 1. The zero-order valence-electron chi connectivity index (χ0n) is 12.6. The van der Waals surface area contributed by atoms with Gasteiger partial charge in [-0.05, 0) is 38.3 Å². The number of benzene rings is 1. The van der Waals surface area contributed by atoms with E-state index in [0.717, 1.165) is 18.5 Å². The maximum absolute atomic E-state index is 12.7.